The standard InChI is InChI=1S/C20H29N5O2.HI/c1-15-23-17-7-4-5-8-18(17)25(15)12-6-11-22-20(21-2)24-13-9-16(10-14-24)19(26)27-3;/h4-5,7-8,16H,6,9-14H2,1-3H3,(H,21,22);1H. The van der Waals surface area contributed by atoms with Gasteiger partial charge in [-0.25, -0.2) is 4.98 Å². The molecule has 1 fully saturated rings. The number of rotatable bonds is 5. The van der Waals surface area contributed by atoms with Gasteiger partial charge >= 0.3 is 5.97 Å². The number of nitrogens with one attached hydrogen (secondary N) is 1. The van der Waals surface area contributed by atoms with E-state index in [0.717, 1.165) is 62.7 Å². The smallest absolute Gasteiger partial charge is 0.308 e. The molecule has 2 heterocycles. The van der Waals surface area contributed by atoms with Crippen LogP contribution in [0, 0.1) is 12.8 Å². The van der Waals surface area contributed by atoms with Crippen molar-refractivity contribution in [1.82, 2.24) is 19.8 Å². The average Bonchev–Trinajstić information content (AvgIpc) is 3.03. The van der Waals surface area contributed by atoms with Crippen LogP contribution in [0.15, 0.2) is 29.3 Å². The number of piperidine rings is 1. The largest absolute Gasteiger partial charge is 0.469 e. The summed E-state index contributed by atoms with van der Waals surface area (Å²) in [4.78, 5) is 22.9. The molecule has 1 aliphatic heterocycles. The number of likely N-dealkylation sites (tertiary alicyclic amines) is 1. The molecule has 1 aliphatic rings. The Morgan fingerprint density at radius 2 is 2.04 bits per heavy atom. The van der Waals surface area contributed by atoms with Gasteiger partial charge in [-0.1, -0.05) is 12.1 Å². The van der Waals surface area contributed by atoms with Crippen molar-refractivity contribution in [3.05, 3.63) is 30.1 Å². The summed E-state index contributed by atoms with van der Waals surface area (Å²) in [6.45, 7) is 5.46. The van der Waals surface area contributed by atoms with Crippen LogP contribution in [0.5, 0.6) is 0 Å². The highest BCUT2D eigenvalue weighted by molar-refractivity contribution is 14.0. The van der Waals surface area contributed by atoms with Crippen molar-refractivity contribution >= 4 is 46.9 Å². The fourth-order valence-corrected chi connectivity index (χ4v) is 3.74. The van der Waals surface area contributed by atoms with Crippen LogP contribution < -0.4 is 5.32 Å². The van der Waals surface area contributed by atoms with Gasteiger partial charge < -0.3 is 19.5 Å². The van der Waals surface area contributed by atoms with Gasteiger partial charge in [0.05, 0.1) is 24.1 Å². The van der Waals surface area contributed by atoms with Crippen LogP contribution in [0.2, 0.25) is 0 Å². The lowest BCUT2D eigenvalue weighted by atomic mass is 9.97. The third-order valence-electron chi connectivity index (χ3n) is 5.23. The molecule has 28 heavy (non-hydrogen) atoms. The van der Waals surface area contributed by atoms with E-state index >= 15 is 0 Å². The molecule has 0 aliphatic carbocycles. The number of benzene rings is 1. The highest BCUT2D eigenvalue weighted by atomic mass is 127. The predicted molar refractivity (Wildman–Crippen MR) is 122 cm³/mol. The molecule has 1 aromatic heterocycles. The Morgan fingerprint density at radius 1 is 1.32 bits per heavy atom. The number of halogens is 1. The van der Waals surface area contributed by atoms with E-state index < -0.39 is 0 Å². The van der Waals surface area contributed by atoms with E-state index in [9.17, 15) is 4.79 Å². The van der Waals surface area contributed by atoms with Crippen LogP contribution in [0.4, 0.5) is 0 Å². The molecule has 2 aromatic rings. The number of aromatic nitrogens is 2. The molecule has 0 radical (unpaired) electrons. The normalized spacial score (nSPS) is 15.4. The summed E-state index contributed by atoms with van der Waals surface area (Å²) in [5.41, 5.74) is 2.23. The molecule has 0 unspecified atom stereocenters. The number of aryl methyl sites for hydroxylation is 2. The maximum atomic E-state index is 11.7. The monoisotopic (exact) mass is 499 g/mol. The van der Waals surface area contributed by atoms with Gasteiger partial charge in [-0.15, -0.1) is 24.0 Å². The zero-order chi connectivity index (χ0) is 19.2. The van der Waals surface area contributed by atoms with Gasteiger partial charge in [0.2, 0.25) is 0 Å². The molecule has 0 amide bonds. The number of fused-ring (bicyclic) bond motifs is 1. The van der Waals surface area contributed by atoms with E-state index in [0.29, 0.717) is 0 Å². The molecule has 8 heteroatoms. The van der Waals surface area contributed by atoms with E-state index in [2.05, 4.69) is 49.9 Å². The van der Waals surface area contributed by atoms with Crippen LogP contribution >= 0.6 is 24.0 Å². The highest BCUT2D eigenvalue weighted by Crippen LogP contribution is 2.18. The molecule has 0 atom stereocenters. The minimum Gasteiger partial charge on any atom is -0.469 e. The summed E-state index contributed by atoms with van der Waals surface area (Å²) in [5, 5.41) is 3.45. The second-order valence-corrected chi connectivity index (χ2v) is 6.91. The minimum absolute atomic E-state index is 0. The summed E-state index contributed by atoms with van der Waals surface area (Å²) in [6.07, 6.45) is 2.61. The number of aliphatic imine (C=N–C) groups is 1. The van der Waals surface area contributed by atoms with Crippen molar-refractivity contribution in [1.29, 1.82) is 0 Å². The van der Waals surface area contributed by atoms with E-state index in [-0.39, 0.29) is 35.9 Å². The number of carbonyl (C=O) groups excluding carboxylic acids is 1. The molecule has 0 bridgehead atoms. The van der Waals surface area contributed by atoms with Gasteiger partial charge in [0.25, 0.3) is 0 Å². The number of para-hydroxylation sites is 2. The highest BCUT2D eigenvalue weighted by Gasteiger charge is 2.26. The molecule has 1 saturated heterocycles. The van der Waals surface area contributed by atoms with Gasteiger partial charge in [-0.05, 0) is 38.3 Å². The Hall–Kier alpha value is -1.84. The van der Waals surface area contributed by atoms with Crippen LogP contribution in [0.3, 0.4) is 0 Å². The van der Waals surface area contributed by atoms with E-state index in [4.69, 9.17) is 4.74 Å². The number of hydrogen-bond acceptors (Lipinski definition) is 4. The molecular formula is C20H30IN5O2. The summed E-state index contributed by atoms with van der Waals surface area (Å²) in [7, 11) is 3.27. The third-order valence-corrected chi connectivity index (χ3v) is 5.23. The summed E-state index contributed by atoms with van der Waals surface area (Å²) >= 11 is 0. The second-order valence-electron chi connectivity index (χ2n) is 6.91. The lowest BCUT2D eigenvalue weighted by Gasteiger charge is -2.33. The number of esters is 1. The fourth-order valence-electron chi connectivity index (χ4n) is 3.74. The number of carbonyl (C=O) groups is 1. The number of imidazole rings is 1. The number of nitrogens with zero attached hydrogens (tertiary/aromatic N) is 4. The number of methoxy groups -OCH3 is 1. The maximum Gasteiger partial charge on any atom is 0.308 e. The zero-order valence-electron chi connectivity index (χ0n) is 16.9. The van der Waals surface area contributed by atoms with E-state index in [1.165, 1.54) is 12.6 Å². The Morgan fingerprint density at radius 3 is 2.71 bits per heavy atom. The molecule has 1 N–H and O–H groups in total. The van der Waals surface area contributed by atoms with Crippen molar-refractivity contribution in [3.8, 4) is 0 Å². The molecule has 0 saturated carbocycles. The van der Waals surface area contributed by atoms with E-state index in [1.54, 1.807) is 0 Å². The molecule has 0 spiro atoms. The van der Waals surface area contributed by atoms with E-state index in [1.807, 2.05) is 13.1 Å². The van der Waals surface area contributed by atoms with Crippen LogP contribution in [-0.4, -0.2) is 60.2 Å². The van der Waals surface area contributed by atoms with Crippen LogP contribution in [0.25, 0.3) is 11.0 Å². The Kier molecular flexibility index (Phi) is 8.53. The lowest BCUT2D eigenvalue weighted by Crippen LogP contribution is -2.47. The van der Waals surface area contributed by atoms with Gasteiger partial charge in [-0.2, -0.15) is 0 Å². The van der Waals surface area contributed by atoms with Crippen molar-refractivity contribution in [2.24, 2.45) is 10.9 Å². The van der Waals surface area contributed by atoms with Crippen molar-refractivity contribution in [2.75, 3.05) is 33.8 Å². The van der Waals surface area contributed by atoms with Gasteiger partial charge in [0, 0.05) is 33.2 Å². The van der Waals surface area contributed by atoms with Crippen LogP contribution in [-0.2, 0) is 16.1 Å². The second kappa shape index (κ2) is 10.6. The van der Waals surface area contributed by atoms with Crippen molar-refractivity contribution < 1.29 is 9.53 Å². The maximum absolute atomic E-state index is 11.7. The first-order valence-corrected chi connectivity index (χ1v) is 9.59. The van der Waals surface area contributed by atoms with Crippen molar-refractivity contribution in [3.63, 3.8) is 0 Å². The molecule has 154 valence electrons. The average molecular weight is 499 g/mol. The minimum atomic E-state index is -0.0967. The summed E-state index contributed by atoms with van der Waals surface area (Å²) in [6, 6.07) is 8.25. The fraction of sp³-hybridized carbons (Fsp3) is 0.550. The van der Waals surface area contributed by atoms with Gasteiger partial charge in [0.15, 0.2) is 5.96 Å². The topological polar surface area (TPSA) is 71.8 Å². The zero-order valence-corrected chi connectivity index (χ0v) is 19.2. The molecular weight excluding hydrogens is 469 g/mol. The van der Waals surface area contributed by atoms with Crippen molar-refractivity contribution in [2.45, 2.75) is 32.7 Å². The Bertz CT molecular complexity index is 812. The quantitative estimate of drug-likeness (QED) is 0.225. The first kappa shape index (κ1) is 22.4. The lowest BCUT2D eigenvalue weighted by molar-refractivity contribution is -0.146. The predicted octanol–water partition coefficient (Wildman–Crippen LogP) is 2.81. The molecule has 3 rings (SSSR count). The molecule has 1 aromatic carbocycles. The van der Waals surface area contributed by atoms with Gasteiger partial charge in [-0.3, -0.25) is 9.79 Å². The van der Waals surface area contributed by atoms with Crippen LogP contribution in [0.1, 0.15) is 25.1 Å². The number of ether oxygens (including phenoxy) is 1. The first-order chi connectivity index (χ1) is 13.1. The SMILES string of the molecule is CN=C(NCCCn1c(C)nc2ccccc21)N1CCC(C(=O)OC)CC1.I. The number of hydrogen-bond donors (Lipinski definition) is 1. The third kappa shape index (κ3) is 5.15. The first-order valence-electron chi connectivity index (χ1n) is 9.59. The number of guanidine groups is 1. The molecule has 7 nitrogen and oxygen atoms in total. The Balaban J connectivity index is 0.00000280. The summed E-state index contributed by atoms with van der Waals surface area (Å²) < 4.78 is 7.12. The Labute approximate surface area is 183 Å². The van der Waals surface area contributed by atoms with Gasteiger partial charge in [0.1, 0.15) is 5.82 Å². The summed E-state index contributed by atoms with van der Waals surface area (Å²) in [5.74, 6) is 1.87.